The van der Waals surface area contributed by atoms with Crippen LogP contribution in [0.3, 0.4) is 0 Å². The van der Waals surface area contributed by atoms with Gasteiger partial charge in [0.1, 0.15) is 16.4 Å². The van der Waals surface area contributed by atoms with E-state index in [0.717, 1.165) is 0 Å². The number of sulfonamides is 1. The van der Waals surface area contributed by atoms with Crippen LogP contribution in [0.1, 0.15) is 6.92 Å². The van der Waals surface area contributed by atoms with Gasteiger partial charge in [-0.25, -0.2) is 13.1 Å². The minimum Gasteiger partial charge on any atom is -0.495 e. The van der Waals surface area contributed by atoms with Crippen LogP contribution in [-0.4, -0.2) is 42.3 Å². The van der Waals surface area contributed by atoms with Crippen molar-refractivity contribution < 1.29 is 17.9 Å². The van der Waals surface area contributed by atoms with E-state index >= 15 is 0 Å². The van der Waals surface area contributed by atoms with E-state index in [0.29, 0.717) is 10.2 Å². The van der Waals surface area contributed by atoms with E-state index in [9.17, 15) is 8.42 Å². The smallest absolute Gasteiger partial charge is 0.244 e. The van der Waals surface area contributed by atoms with E-state index in [1.807, 2.05) is 6.92 Å². The number of benzene rings is 1. The van der Waals surface area contributed by atoms with Crippen LogP contribution in [0.2, 0.25) is 0 Å². The highest BCUT2D eigenvalue weighted by Crippen LogP contribution is 2.35. The van der Waals surface area contributed by atoms with Gasteiger partial charge in [-0.05, 0) is 36.0 Å². The van der Waals surface area contributed by atoms with Crippen LogP contribution < -0.4 is 19.5 Å². The largest absolute Gasteiger partial charge is 0.495 e. The molecular formula is C12H20BrClN2O4S. The molecule has 2 N–H and O–H groups in total. The predicted octanol–water partition coefficient (Wildman–Crippen LogP) is 1.77. The highest BCUT2D eigenvalue weighted by atomic mass is 79.9. The van der Waals surface area contributed by atoms with E-state index < -0.39 is 10.0 Å². The maximum atomic E-state index is 12.3. The Labute approximate surface area is 140 Å². The standard InChI is InChI=1S/C12H19BrN2O4S.ClH/c1-8(14-2)7-15-20(16,17)12-5-9(13)10(18-3)6-11(12)19-4;/h5-6,8,14-15H,7H2,1-4H3;1H. The first-order chi connectivity index (χ1) is 9.35. The molecule has 0 saturated carbocycles. The number of methoxy groups -OCH3 is 2. The fourth-order valence-electron chi connectivity index (χ4n) is 1.46. The fraction of sp³-hybridized carbons (Fsp3) is 0.500. The van der Waals surface area contributed by atoms with Gasteiger partial charge in [-0.3, -0.25) is 0 Å². The Kier molecular flexibility index (Phi) is 8.57. The number of likely N-dealkylation sites (N-methyl/N-ethyl adjacent to an activating group) is 1. The molecule has 0 aliphatic carbocycles. The molecule has 0 radical (unpaired) electrons. The Morgan fingerprint density at radius 2 is 1.81 bits per heavy atom. The third-order valence-corrected chi connectivity index (χ3v) is 4.86. The quantitative estimate of drug-likeness (QED) is 0.726. The van der Waals surface area contributed by atoms with Gasteiger partial charge in [-0.1, -0.05) is 0 Å². The summed E-state index contributed by atoms with van der Waals surface area (Å²) in [5.74, 6) is 0.735. The highest BCUT2D eigenvalue weighted by molar-refractivity contribution is 9.10. The molecule has 21 heavy (non-hydrogen) atoms. The van der Waals surface area contributed by atoms with Crippen molar-refractivity contribution in [1.82, 2.24) is 10.0 Å². The van der Waals surface area contributed by atoms with Gasteiger partial charge in [0.2, 0.25) is 10.0 Å². The summed E-state index contributed by atoms with van der Waals surface area (Å²) < 4.78 is 37.9. The first-order valence-electron chi connectivity index (χ1n) is 5.94. The Bertz CT molecular complexity index is 569. The van der Waals surface area contributed by atoms with E-state index in [2.05, 4.69) is 26.0 Å². The molecule has 0 fully saturated rings. The summed E-state index contributed by atoms with van der Waals surface area (Å²) in [7, 11) is 1.03. The second-order valence-corrected chi connectivity index (χ2v) is 6.77. The zero-order valence-electron chi connectivity index (χ0n) is 12.3. The van der Waals surface area contributed by atoms with E-state index in [1.54, 1.807) is 7.05 Å². The molecule has 1 unspecified atom stereocenters. The van der Waals surface area contributed by atoms with Crippen LogP contribution in [0.15, 0.2) is 21.5 Å². The topological polar surface area (TPSA) is 76.7 Å². The Hall–Kier alpha value is -0.540. The third-order valence-electron chi connectivity index (χ3n) is 2.80. The van der Waals surface area contributed by atoms with Crippen LogP contribution in [0.4, 0.5) is 0 Å². The summed E-state index contributed by atoms with van der Waals surface area (Å²) in [5.41, 5.74) is 0. The summed E-state index contributed by atoms with van der Waals surface area (Å²) in [6.45, 7) is 2.16. The minimum atomic E-state index is -3.66. The zero-order valence-corrected chi connectivity index (χ0v) is 15.5. The molecule has 1 rings (SSSR count). The van der Waals surface area contributed by atoms with Gasteiger partial charge in [0.15, 0.2) is 0 Å². The third kappa shape index (κ3) is 5.30. The molecule has 0 heterocycles. The molecule has 1 aromatic rings. The van der Waals surface area contributed by atoms with Gasteiger partial charge in [0, 0.05) is 18.7 Å². The maximum Gasteiger partial charge on any atom is 0.244 e. The molecule has 0 bridgehead atoms. The highest BCUT2D eigenvalue weighted by Gasteiger charge is 2.22. The second-order valence-electron chi connectivity index (χ2n) is 4.18. The maximum absolute atomic E-state index is 12.3. The van der Waals surface area contributed by atoms with E-state index in [-0.39, 0.29) is 35.6 Å². The van der Waals surface area contributed by atoms with Crippen molar-refractivity contribution in [3.8, 4) is 11.5 Å². The van der Waals surface area contributed by atoms with Gasteiger partial charge >= 0.3 is 0 Å². The van der Waals surface area contributed by atoms with Crippen molar-refractivity contribution in [3.05, 3.63) is 16.6 Å². The number of nitrogens with one attached hydrogen (secondary N) is 2. The number of rotatable bonds is 7. The number of hydrogen-bond acceptors (Lipinski definition) is 5. The molecule has 0 amide bonds. The lowest BCUT2D eigenvalue weighted by atomic mass is 10.3. The SMILES string of the molecule is CNC(C)CNS(=O)(=O)c1cc(Br)c(OC)cc1OC.Cl. The first-order valence-corrected chi connectivity index (χ1v) is 8.21. The molecule has 0 spiro atoms. The van der Waals surface area contributed by atoms with E-state index in [4.69, 9.17) is 9.47 Å². The molecular weight excluding hydrogens is 384 g/mol. The van der Waals surface area contributed by atoms with Crippen LogP contribution >= 0.6 is 28.3 Å². The molecule has 1 aromatic carbocycles. The summed E-state index contributed by atoms with van der Waals surface area (Å²) in [4.78, 5) is 0.0657. The van der Waals surface area contributed by atoms with Crippen molar-refractivity contribution in [1.29, 1.82) is 0 Å². The van der Waals surface area contributed by atoms with Crippen molar-refractivity contribution in [2.75, 3.05) is 27.8 Å². The lowest BCUT2D eigenvalue weighted by molar-refractivity contribution is 0.384. The number of ether oxygens (including phenoxy) is 2. The zero-order chi connectivity index (χ0) is 15.3. The Morgan fingerprint density at radius 1 is 1.24 bits per heavy atom. The number of hydrogen-bond donors (Lipinski definition) is 2. The van der Waals surface area contributed by atoms with Crippen molar-refractivity contribution >= 4 is 38.4 Å². The average molecular weight is 404 g/mol. The number of halogens is 2. The van der Waals surface area contributed by atoms with Crippen LogP contribution in [0, 0.1) is 0 Å². The summed E-state index contributed by atoms with van der Waals surface area (Å²) in [6.07, 6.45) is 0. The molecule has 0 aliphatic heterocycles. The van der Waals surface area contributed by atoms with Gasteiger partial charge in [-0.15, -0.1) is 12.4 Å². The Morgan fingerprint density at radius 3 is 2.29 bits per heavy atom. The van der Waals surface area contributed by atoms with Crippen LogP contribution in [0.5, 0.6) is 11.5 Å². The van der Waals surface area contributed by atoms with Gasteiger partial charge in [0.25, 0.3) is 0 Å². The lowest BCUT2D eigenvalue weighted by Crippen LogP contribution is -2.37. The molecule has 0 aliphatic rings. The molecule has 122 valence electrons. The summed E-state index contributed by atoms with van der Waals surface area (Å²) in [5, 5.41) is 2.96. The second kappa shape index (κ2) is 8.79. The van der Waals surface area contributed by atoms with Crippen molar-refractivity contribution in [2.45, 2.75) is 17.9 Å². The van der Waals surface area contributed by atoms with Gasteiger partial charge in [0.05, 0.1) is 18.7 Å². The van der Waals surface area contributed by atoms with Crippen molar-refractivity contribution in [3.63, 3.8) is 0 Å². The molecule has 9 heteroatoms. The molecule has 0 saturated heterocycles. The van der Waals surface area contributed by atoms with Gasteiger partial charge < -0.3 is 14.8 Å². The first kappa shape index (κ1) is 20.5. The lowest BCUT2D eigenvalue weighted by Gasteiger charge is -2.15. The molecule has 1 atom stereocenters. The van der Waals surface area contributed by atoms with Gasteiger partial charge in [-0.2, -0.15) is 0 Å². The van der Waals surface area contributed by atoms with E-state index in [1.165, 1.54) is 26.4 Å². The monoisotopic (exact) mass is 402 g/mol. The Balaban J connectivity index is 0.00000400. The van der Waals surface area contributed by atoms with Crippen molar-refractivity contribution in [2.24, 2.45) is 0 Å². The summed E-state index contributed by atoms with van der Waals surface area (Å²) >= 11 is 3.27. The predicted molar refractivity (Wildman–Crippen MR) is 88.2 cm³/mol. The average Bonchev–Trinajstić information content (AvgIpc) is 2.44. The minimum absolute atomic E-state index is 0. The normalized spacial score (nSPS) is 12.4. The fourth-order valence-corrected chi connectivity index (χ4v) is 3.42. The molecule has 6 nitrogen and oxygen atoms in total. The molecule has 0 aromatic heterocycles. The van der Waals surface area contributed by atoms with Crippen LogP contribution in [-0.2, 0) is 10.0 Å². The van der Waals surface area contributed by atoms with Crippen LogP contribution in [0.25, 0.3) is 0 Å². The summed E-state index contributed by atoms with van der Waals surface area (Å²) in [6, 6.07) is 3.02.